The molecule has 3 rings (SSSR count). The molecule has 0 bridgehead atoms. The highest BCUT2D eigenvalue weighted by Crippen LogP contribution is 2.22. The largest absolute Gasteiger partial charge is 0.507 e. The van der Waals surface area contributed by atoms with Crippen LogP contribution in [0.25, 0.3) is 10.8 Å². The predicted octanol–water partition coefficient (Wildman–Crippen LogP) is 3.94. The van der Waals surface area contributed by atoms with Crippen molar-refractivity contribution in [2.45, 2.75) is 6.92 Å². The Bertz CT molecular complexity index is 894. The van der Waals surface area contributed by atoms with Crippen LogP contribution in [0.15, 0.2) is 60.7 Å². The maximum Gasteiger partial charge on any atom is 0.335 e. The molecule has 0 aliphatic carbocycles. The lowest BCUT2D eigenvalue weighted by Gasteiger charge is -2.01. The normalized spacial score (nSPS) is 9.88. The third kappa shape index (κ3) is 3.89. The third-order valence-corrected chi connectivity index (χ3v) is 3.48. The summed E-state index contributed by atoms with van der Waals surface area (Å²) in [6.45, 7) is 1.62. The van der Waals surface area contributed by atoms with Gasteiger partial charge < -0.3 is 15.3 Å². The topological polar surface area (TPSA) is 94.8 Å². The fourth-order valence-corrected chi connectivity index (χ4v) is 2.19. The molecule has 0 atom stereocenters. The van der Waals surface area contributed by atoms with Crippen LogP contribution in [0.5, 0.6) is 5.75 Å². The number of aromatic carboxylic acids is 2. The molecule has 122 valence electrons. The summed E-state index contributed by atoms with van der Waals surface area (Å²) < 4.78 is 0. The van der Waals surface area contributed by atoms with Gasteiger partial charge in [-0.25, -0.2) is 9.59 Å². The van der Waals surface area contributed by atoms with Crippen molar-refractivity contribution in [3.63, 3.8) is 0 Å². The van der Waals surface area contributed by atoms with Crippen LogP contribution in [-0.4, -0.2) is 27.3 Å². The SMILES string of the molecule is Cc1ccc(C(=O)O)cc1C(=O)O.Oc1cccc2ccccc12. The van der Waals surface area contributed by atoms with Crippen LogP contribution < -0.4 is 0 Å². The first-order valence-electron chi connectivity index (χ1n) is 7.14. The Labute approximate surface area is 138 Å². The fraction of sp³-hybridized carbons (Fsp3) is 0.0526. The third-order valence-electron chi connectivity index (χ3n) is 3.48. The van der Waals surface area contributed by atoms with Crippen LogP contribution in [-0.2, 0) is 0 Å². The zero-order valence-electron chi connectivity index (χ0n) is 12.9. The number of fused-ring (bicyclic) bond motifs is 1. The Kier molecular flexibility index (Phi) is 5.16. The molecule has 3 N–H and O–H groups in total. The summed E-state index contributed by atoms with van der Waals surface area (Å²) in [5.41, 5.74) is 0.570. The first-order chi connectivity index (χ1) is 11.4. The van der Waals surface area contributed by atoms with Crippen LogP contribution in [0.4, 0.5) is 0 Å². The van der Waals surface area contributed by atoms with E-state index in [-0.39, 0.29) is 11.1 Å². The highest BCUT2D eigenvalue weighted by Gasteiger charge is 2.10. The lowest BCUT2D eigenvalue weighted by atomic mass is 10.1. The predicted molar refractivity (Wildman–Crippen MR) is 90.7 cm³/mol. The van der Waals surface area contributed by atoms with Gasteiger partial charge in [0.05, 0.1) is 11.1 Å². The van der Waals surface area contributed by atoms with Crippen molar-refractivity contribution in [1.29, 1.82) is 0 Å². The van der Waals surface area contributed by atoms with Gasteiger partial charge in [-0.1, -0.05) is 42.5 Å². The standard InChI is InChI=1S/C10H8O.C9H8O4/c11-10-7-3-5-8-4-1-2-6-9(8)10;1-5-2-3-6(8(10)11)4-7(5)9(12)13/h1-7,11H;2-4H,1H3,(H,10,11)(H,12,13). The average molecular weight is 324 g/mol. The van der Waals surface area contributed by atoms with Gasteiger partial charge in [-0.15, -0.1) is 0 Å². The molecule has 0 aromatic heterocycles. The Hall–Kier alpha value is -3.34. The zero-order valence-corrected chi connectivity index (χ0v) is 12.9. The number of phenolic OH excluding ortho intramolecular Hbond substituents is 1. The van der Waals surface area contributed by atoms with Crippen LogP contribution >= 0.6 is 0 Å². The Balaban J connectivity index is 0.000000175. The number of aryl methyl sites for hydroxylation is 1. The van der Waals surface area contributed by atoms with Gasteiger partial charge >= 0.3 is 11.9 Å². The van der Waals surface area contributed by atoms with Crippen molar-refractivity contribution in [3.8, 4) is 5.75 Å². The van der Waals surface area contributed by atoms with E-state index >= 15 is 0 Å². The molecule has 5 heteroatoms. The van der Waals surface area contributed by atoms with E-state index in [1.165, 1.54) is 12.1 Å². The fourth-order valence-electron chi connectivity index (χ4n) is 2.19. The molecule has 24 heavy (non-hydrogen) atoms. The second-order valence-corrected chi connectivity index (χ2v) is 5.14. The van der Waals surface area contributed by atoms with E-state index in [1.807, 2.05) is 36.4 Å². The number of hydrogen-bond donors (Lipinski definition) is 3. The number of carboxylic acids is 2. The zero-order chi connectivity index (χ0) is 17.7. The number of benzene rings is 3. The van der Waals surface area contributed by atoms with Crippen LogP contribution in [0.3, 0.4) is 0 Å². The molecule has 0 heterocycles. The van der Waals surface area contributed by atoms with E-state index in [0.717, 1.165) is 16.8 Å². The molecule has 0 radical (unpaired) electrons. The molecule has 0 saturated heterocycles. The minimum atomic E-state index is -1.12. The Morgan fingerprint density at radius 3 is 2.12 bits per heavy atom. The number of carboxylic acid groups (broad SMARTS) is 2. The summed E-state index contributed by atoms with van der Waals surface area (Å²) in [5.74, 6) is -1.88. The monoisotopic (exact) mass is 324 g/mol. The molecule has 0 aliphatic rings. The number of rotatable bonds is 2. The van der Waals surface area contributed by atoms with Crippen molar-refractivity contribution >= 4 is 22.7 Å². The minimum Gasteiger partial charge on any atom is -0.507 e. The molecule has 0 aliphatic heterocycles. The first kappa shape index (κ1) is 17.0. The number of hydrogen-bond acceptors (Lipinski definition) is 3. The summed E-state index contributed by atoms with van der Waals surface area (Å²) in [7, 11) is 0. The first-order valence-corrected chi connectivity index (χ1v) is 7.14. The summed E-state index contributed by atoms with van der Waals surface area (Å²) in [5, 5.41) is 28.6. The molecular weight excluding hydrogens is 308 g/mol. The lowest BCUT2D eigenvalue weighted by molar-refractivity contribution is 0.0695. The second kappa shape index (κ2) is 7.28. The van der Waals surface area contributed by atoms with Crippen molar-refractivity contribution < 1.29 is 24.9 Å². The Morgan fingerprint density at radius 2 is 1.50 bits per heavy atom. The van der Waals surface area contributed by atoms with E-state index in [1.54, 1.807) is 13.0 Å². The van der Waals surface area contributed by atoms with E-state index < -0.39 is 11.9 Å². The minimum absolute atomic E-state index is 0.0111. The van der Waals surface area contributed by atoms with Gasteiger partial charge in [-0.3, -0.25) is 0 Å². The van der Waals surface area contributed by atoms with Gasteiger partial charge in [0.25, 0.3) is 0 Å². The second-order valence-electron chi connectivity index (χ2n) is 5.14. The molecule has 3 aromatic rings. The van der Waals surface area contributed by atoms with Gasteiger partial charge in [-0.2, -0.15) is 0 Å². The van der Waals surface area contributed by atoms with Crippen LogP contribution in [0.2, 0.25) is 0 Å². The maximum atomic E-state index is 10.6. The van der Waals surface area contributed by atoms with Crippen LogP contribution in [0.1, 0.15) is 26.3 Å². The number of aromatic hydroxyl groups is 1. The molecule has 3 aromatic carbocycles. The summed E-state index contributed by atoms with van der Waals surface area (Å²) >= 11 is 0. The van der Waals surface area contributed by atoms with Crippen LogP contribution in [0, 0.1) is 6.92 Å². The van der Waals surface area contributed by atoms with Crippen molar-refractivity contribution in [2.24, 2.45) is 0 Å². The quantitative estimate of drug-likeness (QED) is 0.664. The number of carbonyl (C=O) groups is 2. The maximum absolute atomic E-state index is 10.6. The van der Waals surface area contributed by atoms with E-state index in [0.29, 0.717) is 11.3 Å². The van der Waals surface area contributed by atoms with Gasteiger partial charge in [0.2, 0.25) is 0 Å². The number of phenols is 1. The van der Waals surface area contributed by atoms with E-state index in [2.05, 4.69) is 0 Å². The molecule has 5 nitrogen and oxygen atoms in total. The molecule has 0 fully saturated rings. The van der Waals surface area contributed by atoms with Gasteiger partial charge in [-0.05, 0) is 36.1 Å². The highest BCUT2D eigenvalue weighted by molar-refractivity contribution is 5.94. The molecule has 0 amide bonds. The molecule has 0 unspecified atom stereocenters. The smallest absolute Gasteiger partial charge is 0.335 e. The summed E-state index contributed by atoms with van der Waals surface area (Å²) in [6.07, 6.45) is 0. The lowest BCUT2D eigenvalue weighted by Crippen LogP contribution is -2.03. The highest BCUT2D eigenvalue weighted by atomic mass is 16.4. The van der Waals surface area contributed by atoms with Crippen molar-refractivity contribution in [2.75, 3.05) is 0 Å². The summed E-state index contributed by atoms with van der Waals surface area (Å²) in [6, 6.07) is 17.3. The van der Waals surface area contributed by atoms with Crippen molar-refractivity contribution in [1.82, 2.24) is 0 Å². The van der Waals surface area contributed by atoms with Gasteiger partial charge in [0.1, 0.15) is 5.75 Å². The van der Waals surface area contributed by atoms with Crippen molar-refractivity contribution in [3.05, 3.63) is 77.4 Å². The molecule has 0 spiro atoms. The van der Waals surface area contributed by atoms with E-state index in [9.17, 15) is 14.7 Å². The van der Waals surface area contributed by atoms with Gasteiger partial charge in [0, 0.05) is 5.39 Å². The van der Waals surface area contributed by atoms with Gasteiger partial charge in [0.15, 0.2) is 0 Å². The average Bonchev–Trinajstić information content (AvgIpc) is 2.56. The molecule has 0 saturated carbocycles. The Morgan fingerprint density at radius 1 is 0.833 bits per heavy atom. The molecular formula is C19H16O5. The summed E-state index contributed by atoms with van der Waals surface area (Å²) in [4.78, 5) is 21.1. The van der Waals surface area contributed by atoms with E-state index in [4.69, 9.17) is 10.2 Å².